The van der Waals surface area contributed by atoms with Crippen molar-refractivity contribution in [3.8, 4) is 0 Å². The molecule has 0 saturated heterocycles. The zero-order valence-corrected chi connectivity index (χ0v) is 11.0. The largest absolute Gasteiger partial charge is 0.299 e. The molecule has 0 aromatic carbocycles. The first-order chi connectivity index (χ1) is 7.38. The van der Waals surface area contributed by atoms with Crippen LogP contribution in [0.4, 0.5) is 0 Å². The second kappa shape index (κ2) is 2.91. The second-order valence-corrected chi connectivity index (χ2v) is 7.47. The molecule has 0 radical (unpaired) electrons. The standard InChI is InChI=1S/C15H24O/c1-9-11(16)8-10-13-12(9)15(10,4)7-5-6-14(13,2)3/h9-10,12-13H,5-8H2,1-4H3/t9-,10-,12+,13-,15+/m1/s1. The number of carbonyl (C=O) groups excluding carboxylic acids is 1. The van der Waals surface area contributed by atoms with Gasteiger partial charge in [-0.1, -0.05) is 34.1 Å². The Morgan fingerprint density at radius 2 is 1.81 bits per heavy atom. The summed E-state index contributed by atoms with van der Waals surface area (Å²) in [5.41, 5.74) is 0.978. The van der Waals surface area contributed by atoms with Crippen LogP contribution < -0.4 is 0 Å². The maximum atomic E-state index is 11.9. The van der Waals surface area contributed by atoms with Gasteiger partial charge in [0.2, 0.25) is 0 Å². The van der Waals surface area contributed by atoms with Crippen LogP contribution in [-0.2, 0) is 4.79 Å². The minimum Gasteiger partial charge on any atom is -0.299 e. The molecule has 0 heterocycles. The van der Waals surface area contributed by atoms with Crippen molar-refractivity contribution < 1.29 is 4.79 Å². The molecule has 4 bridgehead atoms. The summed E-state index contributed by atoms with van der Waals surface area (Å²) >= 11 is 0. The lowest BCUT2D eigenvalue weighted by Gasteiger charge is -2.68. The summed E-state index contributed by atoms with van der Waals surface area (Å²) in [7, 11) is 0. The van der Waals surface area contributed by atoms with E-state index in [9.17, 15) is 4.79 Å². The van der Waals surface area contributed by atoms with Crippen LogP contribution in [-0.4, -0.2) is 5.78 Å². The topological polar surface area (TPSA) is 17.1 Å². The van der Waals surface area contributed by atoms with Gasteiger partial charge in [0.25, 0.3) is 0 Å². The van der Waals surface area contributed by atoms with Crippen LogP contribution in [0, 0.1) is 34.5 Å². The van der Waals surface area contributed by atoms with Crippen molar-refractivity contribution in [2.75, 3.05) is 0 Å². The van der Waals surface area contributed by atoms with Gasteiger partial charge in [-0.25, -0.2) is 0 Å². The molecule has 5 atom stereocenters. The van der Waals surface area contributed by atoms with E-state index in [1.165, 1.54) is 19.3 Å². The van der Waals surface area contributed by atoms with Crippen molar-refractivity contribution in [1.29, 1.82) is 0 Å². The zero-order valence-electron chi connectivity index (χ0n) is 11.0. The highest BCUT2D eigenvalue weighted by atomic mass is 16.1. The molecular weight excluding hydrogens is 196 g/mol. The Morgan fingerprint density at radius 1 is 1.12 bits per heavy atom. The van der Waals surface area contributed by atoms with Crippen LogP contribution in [0.5, 0.6) is 0 Å². The first-order valence-corrected chi connectivity index (χ1v) is 6.91. The van der Waals surface area contributed by atoms with Crippen molar-refractivity contribution >= 4 is 5.78 Å². The summed E-state index contributed by atoms with van der Waals surface area (Å²) in [6.45, 7) is 9.52. The van der Waals surface area contributed by atoms with Gasteiger partial charge in [-0.15, -0.1) is 0 Å². The maximum absolute atomic E-state index is 11.9. The normalized spacial score (nSPS) is 54.1. The van der Waals surface area contributed by atoms with Crippen molar-refractivity contribution in [3.05, 3.63) is 0 Å². The molecule has 0 aromatic rings. The predicted molar refractivity (Wildman–Crippen MR) is 65.0 cm³/mol. The molecule has 4 aliphatic rings. The molecule has 0 aliphatic heterocycles. The number of ketones is 1. The highest BCUT2D eigenvalue weighted by Crippen LogP contribution is 2.72. The molecule has 0 amide bonds. The van der Waals surface area contributed by atoms with E-state index in [2.05, 4.69) is 27.7 Å². The van der Waals surface area contributed by atoms with Gasteiger partial charge >= 0.3 is 0 Å². The minimum absolute atomic E-state index is 0.331. The maximum Gasteiger partial charge on any atom is 0.136 e. The second-order valence-electron chi connectivity index (χ2n) is 7.47. The van der Waals surface area contributed by atoms with E-state index < -0.39 is 0 Å². The van der Waals surface area contributed by atoms with E-state index in [1.807, 2.05) is 0 Å². The lowest BCUT2D eigenvalue weighted by atomic mass is 9.36. The third-order valence-corrected chi connectivity index (χ3v) is 6.34. The van der Waals surface area contributed by atoms with E-state index in [0.717, 1.165) is 12.3 Å². The number of hydrogen-bond acceptors (Lipinski definition) is 1. The Kier molecular flexibility index (Phi) is 1.97. The van der Waals surface area contributed by atoms with E-state index in [4.69, 9.17) is 0 Å². The van der Waals surface area contributed by atoms with Gasteiger partial charge in [0.05, 0.1) is 0 Å². The lowest BCUT2D eigenvalue weighted by molar-refractivity contribution is -0.204. The highest BCUT2D eigenvalue weighted by Gasteiger charge is 2.68. The zero-order chi connectivity index (χ0) is 11.7. The quantitative estimate of drug-likeness (QED) is 0.608. The molecule has 0 unspecified atom stereocenters. The van der Waals surface area contributed by atoms with Crippen molar-refractivity contribution in [2.45, 2.75) is 53.4 Å². The fourth-order valence-corrected chi connectivity index (χ4v) is 5.52. The molecule has 1 nitrogen and oxygen atoms in total. The summed E-state index contributed by atoms with van der Waals surface area (Å²) in [5, 5.41) is 0. The summed E-state index contributed by atoms with van der Waals surface area (Å²) in [6.07, 6.45) is 4.97. The Morgan fingerprint density at radius 3 is 2.44 bits per heavy atom. The van der Waals surface area contributed by atoms with Crippen LogP contribution in [0.2, 0.25) is 0 Å². The monoisotopic (exact) mass is 220 g/mol. The summed E-state index contributed by atoms with van der Waals surface area (Å²) in [4.78, 5) is 11.9. The van der Waals surface area contributed by atoms with E-state index in [-0.39, 0.29) is 0 Å². The van der Waals surface area contributed by atoms with Gasteiger partial charge in [0.15, 0.2) is 0 Å². The van der Waals surface area contributed by atoms with Crippen molar-refractivity contribution in [1.82, 2.24) is 0 Å². The Balaban J connectivity index is 2.03. The molecular formula is C15H24O. The van der Waals surface area contributed by atoms with Crippen LogP contribution >= 0.6 is 0 Å². The first kappa shape index (κ1) is 10.8. The number of fused-ring (bicyclic) bond motifs is 2. The van der Waals surface area contributed by atoms with E-state index >= 15 is 0 Å². The van der Waals surface area contributed by atoms with Crippen LogP contribution in [0.15, 0.2) is 0 Å². The predicted octanol–water partition coefficient (Wildman–Crippen LogP) is 3.67. The van der Waals surface area contributed by atoms with Gasteiger partial charge in [-0.3, -0.25) is 4.79 Å². The van der Waals surface area contributed by atoms with Gasteiger partial charge in [-0.2, -0.15) is 0 Å². The van der Waals surface area contributed by atoms with Gasteiger partial charge in [0, 0.05) is 12.3 Å². The van der Waals surface area contributed by atoms with E-state index in [0.29, 0.717) is 34.4 Å². The van der Waals surface area contributed by atoms with Crippen LogP contribution in [0.1, 0.15) is 53.4 Å². The third kappa shape index (κ3) is 1.05. The Hall–Kier alpha value is -0.330. The van der Waals surface area contributed by atoms with Gasteiger partial charge in [0.1, 0.15) is 5.78 Å². The van der Waals surface area contributed by atoms with E-state index in [1.54, 1.807) is 0 Å². The SMILES string of the molecule is C[C@@H]1C(=O)C[C@@H]2[C@@H]3[C@H]1[C@@]2(C)CCCC3(C)C. The number of carbonyl (C=O) groups is 1. The highest BCUT2D eigenvalue weighted by molar-refractivity contribution is 5.83. The van der Waals surface area contributed by atoms with Gasteiger partial charge < -0.3 is 0 Å². The lowest BCUT2D eigenvalue weighted by Crippen LogP contribution is -2.65. The number of rotatable bonds is 0. The molecule has 90 valence electrons. The van der Waals surface area contributed by atoms with Crippen LogP contribution in [0.3, 0.4) is 0 Å². The number of Topliss-reactive ketones (excluding diaryl/α,β-unsaturated/α-hetero) is 1. The molecule has 4 fully saturated rings. The smallest absolute Gasteiger partial charge is 0.136 e. The third-order valence-electron chi connectivity index (χ3n) is 6.34. The molecule has 0 aromatic heterocycles. The molecule has 0 spiro atoms. The first-order valence-electron chi connectivity index (χ1n) is 6.91. The average Bonchev–Trinajstić information content (AvgIpc) is 2.34. The molecule has 4 rings (SSSR count). The Labute approximate surface area is 99.0 Å². The summed E-state index contributed by atoms with van der Waals surface area (Å²) < 4.78 is 0. The fraction of sp³-hybridized carbons (Fsp3) is 0.933. The van der Waals surface area contributed by atoms with Crippen molar-refractivity contribution in [3.63, 3.8) is 0 Å². The average molecular weight is 220 g/mol. The fourth-order valence-electron chi connectivity index (χ4n) is 5.52. The van der Waals surface area contributed by atoms with Gasteiger partial charge in [-0.05, 0) is 41.4 Å². The molecule has 4 aliphatic carbocycles. The minimum atomic E-state index is 0.331. The molecule has 0 N–H and O–H groups in total. The summed E-state index contributed by atoms with van der Waals surface area (Å²) in [5.74, 6) is 3.10. The summed E-state index contributed by atoms with van der Waals surface area (Å²) in [6, 6.07) is 0. The Bertz CT molecular complexity index is 343. The molecule has 1 heteroatoms. The van der Waals surface area contributed by atoms with Crippen molar-refractivity contribution in [2.24, 2.45) is 34.5 Å². The number of hydrogen-bond donors (Lipinski definition) is 0. The molecule has 4 saturated carbocycles. The van der Waals surface area contributed by atoms with Crippen LogP contribution in [0.25, 0.3) is 0 Å². The molecule has 16 heavy (non-hydrogen) atoms.